The Kier molecular flexibility index (Phi) is 4.65. The maximum atomic E-state index is 12.3. The summed E-state index contributed by atoms with van der Waals surface area (Å²) >= 11 is 3.40. The Hall–Kier alpha value is -1.51. The van der Waals surface area contributed by atoms with Gasteiger partial charge in [-0.1, -0.05) is 34.1 Å². The van der Waals surface area contributed by atoms with Gasteiger partial charge in [0.15, 0.2) is 0 Å². The van der Waals surface area contributed by atoms with Crippen LogP contribution in [0.4, 0.5) is 0 Å². The van der Waals surface area contributed by atoms with Crippen LogP contribution in [0.25, 0.3) is 6.08 Å². The molecule has 3 rings (SSSR count). The van der Waals surface area contributed by atoms with Crippen LogP contribution in [0.1, 0.15) is 36.1 Å². The Balaban J connectivity index is 1.78. The lowest BCUT2D eigenvalue weighted by Gasteiger charge is -2.22. The van der Waals surface area contributed by atoms with E-state index in [9.17, 15) is 8.42 Å². The van der Waals surface area contributed by atoms with Crippen LogP contribution in [0, 0.1) is 6.92 Å². The number of aryl methyl sites for hydroxylation is 2. The van der Waals surface area contributed by atoms with Crippen molar-refractivity contribution in [3.63, 3.8) is 0 Å². The van der Waals surface area contributed by atoms with Crippen LogP contribution in [0.2, 0.25) is 0 Å². The highest BCUT2D eigenvalue weighted by Crippen LogP contribution is 2.24. The average Bonchev–Trinajstić information content (AvgIpc) is 2.88. The zero-order valence-corrected chi connectivity index (χ0v) is 15.0. The third kappa shape index (κ3) is 3.88. The van der Waals surface area contributed by atoms with Crippen molar-refractivity contribution in [2.45, 2.75) is 32.4 Å². The molecule has 0 saturated carbocycles. The first-order valence-electron chi connectivity index (χ1n) is 7.31. The molecule has 0 spiro atoms. The van der Waals surface area contributed by atoms with E-state index in [-0.39, 0.29) is 6.04 Å². The topological polar surface area (TPSA) is 76.9 Å². The van der Waals surface area contributed by atoms with Gasteiger partial charge in [0.05, 0.1) is 6.04 Å². The SMILES string of the molecule is Cc1nc2n(n1)CCCC2NS(=O)(=O)/C=C/c1ccccc1Br. The van der Waals surface area contributed by atoms with Gasteiger partial charge in [-0.05, 0) is 37.5 Å². The number of fused-ring (bicyclic) bond motifs is 1. The highest BCUT2D eigenvalue weighted by molar-refractivity contribution is 9.10. The summed E-state index contributed by atoms with van der Waals surface area (Å²) < 4.78 is 30.0. The van der Waals surface area contributed by atoms with E-state index in [0.29, 0.717) is 11.6 Å². The minimum absolute atomic E-state index is 0.334. The molecule has 0 saturated heterocycles. The first kappa shape index (κ1) is 16.4. The highest BCUT2D eigenvalue weighted by atomic mass is 79.9. The number of rotatable bonds is 4. The van der Waals surface area contributed by atoms with Gasteiger partial charge in [0.1, 0.15) is 11.6 Å². The fourth-order valence-electron chi connectivity index (χ4n) is 2.59. The van der Waals surface area contributed by atoms with Crippen molar-refractivity contribution < 1.29 is 8.42 Å². The van der Waals surface area contributed by atoms with Gasteiger partial charge in [-0.15, -0.1) is 0 Å². The van der Waals surface area contributed by atoms with Crippen LogP contribution in [0.5, 0.6) is 0 Å². The van der Waals surface area contributed by atoms with E-state index in [2.05, 4.69) is 30.7 Å². The summed E-state index contributed by atoms with van der Waals surface area (Å²) in [7, 11) is -3.56. The third-order valence-corrected chi connectivity index (χ3v) is 5.45. The summed E-state index contributed by atoms with van der Waals surface area (Å²) in [6, 6.07) is 7.12. The van der Waals surface area contributed by atoms with Crippen molar-refractivity contribution in [3.05, 3.63) is 51.4 Å². The maximum Gasteiger partial charge on any atom is 0.234 e. The molecule has 1 aliphatic heterocycles. The van der Waals surface area contributed by atoms with E-state index in [1.165, 1.54) is 5.41 Å². The molecule has 1 aromatic carbocycles. The van der Waals surface area contributed by atoms with Gasteiger partial charge in [0, 0.05) is 16.4 Å². The molecule has 8 heteroatoms. The lowest BCUT2D eigenvalue weighted by atomic mass is 10.1. The van der Waals surface area contributed by atoms with Crippen molar-refractivity contribution in [3.8, 4) is 0 Å². The fourth-order valence-corrected chi connectivity index (χ4v) is 4.03. The van der Waals surface area contributed by atoms with Crippen LogP contribution in [0.3, 0.4) is 0 Å². The van der Waals surface area contributed by atoms with Crippen molar-refractivity contribution >= 4 is 32.0 Å². The predicted octanol–water partition coefficient (Wildman–Crippen LogP) is 2.77. The van der Waals surface area contributed by atoms with Gasteiger partial charge < -0.3 is 0 Å². The molecular formula is C15H17BrN4O2S. The highest BCUT2D eigenvalue weighted by Gasteiger charge is 2.26. The lowest BCUT2D eigenvalue weighted by Crippen LogP contribution is -2.32. The monoisotopic (exact) mass is 396 g/mol. The molecule has 23 heavy (non-hydrogen) atoms. The van der Waals surface area contributed by atoms with E-state index >= 15 is 0 Å². The van der Waals surface area contributed by atoms with Gasteiger partial charge in [-0.2, -0.15) is 5.10 Å². The predicted molar refractivity (Wildman–Crippen MR) is 92.0 cm³/mol. The quantitative estimate of drug-likeness (QED) is 0.861. The minimum Gasteiger partial charge on any atom is -0.248 e. The first-order chi connectivity index (χ1) is 10.9. The molecule has 1 N–H and O–H groups in total. The summed E-state index contributed by atoms with van der Waals surface area (Å²) in [6.45, 7) is 2.59. The van der Waals surface area contributed by atoms with Gasteiger partial charge >= 0.3 is 0 Å². The number of halogens is 1. The van der Waals surface area contributed by atoms with Crippen LogP contribution >= 0.6 is 15.9 Å². The lowest BCUT2D eigenvalue weighted by molar-refractivity contribution is 0.401. The van der Waals surface area contributed by atoms with Crippen molar-refractivity contribution in [2.24, 2.45) is 0 Å². The van der Waals surface area contributed by atoms with Gasteiger partial charge in [-0.3, -0.25) is 0 Å². The Morgan fingerprint density at radius 3 is 2.96 bits per heavy atom. The number of hydrogen-bond acceptors (Lipinski definition) is 4. The van der Waals surface area contributed by atoms with Crippen LogP contribution in [0.15, 0.2) is 34.1 Å². The summed E-state index contributed by atoms with van der Waals surface area (Å²) in [6.07, 6.45) is 3.17. The molecule has 1 unspecified atom stereocenters. The molecule has 0 bridgehead atoms. The normalized spacial score (nSPS) is 18.3. The minimum atomic E-state index is -3.56. The Labute approximate surface area is 143 Å². The second-order valence-corrected chi connectivity index (χ2v) is 7.87. The third-order valence-electron chi connectivity index (χ3n) is 3.62. The molecular weight excluding hydrogens is 380 g/mol. The largest absolute Gasteiger partial charge is 0.248 e. The molecule has 0 amide bonds. The zero-order chi connectivity index (χ0) is 16.4. The zero-order valence-electron chi connectivity index (χ0n) is 12.6. The molecule has 0 fully saturated rings. The second kappa shape index (κ2) is 6.54. The van der Waals surface area contributed by atoms with E-state index in [1.54, 1.807) is 10.8 Å². The number of benzene rings is 1. The maximum absolute atomic E-state index is 12.3. The molecule has 122 valence electrons. The van der Waals surface area contributed by atoms with Crippen molar-refractivity contribution in [2.75, 3.05) is 0 Å². The van der Waals surface area contributed by atoms with Crippen LogP contribution in [-0.4, -0.2) is 23.2 Å². The number of aromatic nitrogens is 3. The molecule has 0 radical (unpaired) electrons. The summed E-state index contributed by atoms with van der Waals surface area (Å²) in [5.74, 6) is 1.35. The van der Waals surface area contributed by atoms with E-state index < -0.39 is 10.0 Å². The summed E-state index contributed by atoms with van der Waals surface area (Å²) in [4.78, 5) is 4.34. The van der Waals surface area contributed by atoms with Crippen molar-refractivity contribution in [1.82, 2.24) is 19.5 Å². The molecule has 1 atom stereocenters. The number of sulfonamides is 1. The standard InChI is InChI=1S/C15H17BrN4O2S/c1-11-17-15-14(7-4-9-20(15)18-11)19-23(21,22)10-8-12-5-2-3-6-13(12)16/h2-3,5-6,8,10,14,19H,4,7,9H2,1H3/b10-8+. The molecule has 2 heterocycles. The smallest absolute Gasteiger partial charge is 0.234 e. The van der Waals surface area contributed by atoms with Gasteiger partial charge in [-0.25, -0.2) is 22.8 Å². The molecule has 2 aromatic rings. The van der Waals surface area contributed by atoms with E-state index in [0.717, 1.165) is 29.4 Å². The molecule has 1 aromatic heterocycles. The number of hydrogen-bond donors (Lipinski definition) is 1. The van der Waals surface area contributed by atoms with Crippen LogP contribution in [-0.2, 0) is 16.6 Å². The van der Waals surface area contributed by atoms with Gasteiger partial charge in [0.25, 0.3) is 0 Å². The first-order valence-corrected chi connectivity index (χ1v) is 9.65. The van der Waals surface area contributed by atoms with E-state index in [4.69, 9.17) is 0 Å². The molecule has 6 nitrogen and oxygen atoms in total. The Morgan fingerprint density at radius 2 is 2.17 bits per heavy atom. The second-order valence-electron chi connectivity index (χ2n) is 5.42. The Morgan fingerprint density at radius 1 is 1.39 bits per heavy atom. The summed E-state index contributed by atoms with van der Waals surface area (Å²) in [5, 5.41) is 5.47. The average molecular weight is 397 g/mol. The summed E-state index contributed by atoms with van der Waals surface area (Å²) in [5.41, 5.74) is 0.806. The number of nitrogens with one attached hydrogen (secondary N) is 1. The number of nitrogens with zero attached hydrogens (tertiary/aromatic N) is 3. The molecule has 1 aliphatic rings. The molecule has 0 aliphatic carbocycles. The Bertz CT molecular complexity index is 845. The fraction of sp³-hybridized carbons (Fsp3) is 0.333. The van der Waals surface area contributed by atoms with Crippen molar-refractivity contribution in [1.29, 1.82) is 0 Å². The van der Waals surface area contributed by atoms with E-state index in [1.807, 2.05) is 31.2 Å². The van der Waals surface area contributed by atoms with Gasteiger partial charge in [0.2, 0.25) is 10.0 Å². The van der Waals surface area contributed by atoms with Crippen LogP contribution < -0.4 is 4.72 Å².